The van der Waals surface area contributed by atoms with E-state index >= 15 is 0 Å². The van der Waals surface area contributed by atoms with Gasteiger partial charge in [-0.3, -0.25) is 9.69 Å². The molecule has 1 amide bonds. The van der Waals surface area contributed by atoms with Crippen LogP contribution in [0.4, 0.5) is 5.69 Å². The highest BCUT2D eigenvalue weighted by molar-refractivity contribution is 7.89. The summed E-state index contributed by atoms with van der Waals surface area (Å²) >= 11 is 12.2. The molecule has 37 heavy (non-hydrogen) atoms. The fourth-order valence-corrected chi connectivity index (χ4v) is 5.34. The van der Waals surface area contributed by atoms with Crippen LogP contribution in [0.2, 0.25) is 10.0 Å². The Morgan fingerprint density at radius 1 is 1.05 bits per heavy atom. The topological polar surface area (TPSA) is 106 Å². The van der Waals surface area contributed by atoms with Gasteiger partial charge in [0.1, 0.15) is 11.5 Å². The van der Waals surface area contributed by atoms with Crippen LogP contribution in [0.3, 0.4) is 0 Å². The molecular weight excluding hydrogens is 539 g/mol. The summed E-state index contributed by atoms with van der Waals surface area (Å²) in [5.74, 6) is -0.653. The number of nitrogens with one attached hydrogen (secondary N) is 1. The average Bonchev–Trinajstić information content (AvgIpc) is 3.38. The number of furan rings is 1. The molecule has 0 aliphatic carbocycles. The van der Waals surface area contributed by atoms with Crippen molar-refractivity contribution in [2.24, 2.45) is 0 Å². The Morgan fingerprint density at radius 2 is 1.70 bits per heavy atom. The molecule has 1 aromatic heterocycles. The van der Waals surface area contributed by atoms with Crippen molar-refractivity contribution < 1.29 is 27.2 Å². The number of benzene rings is 2. The van der Waals surface area contributed by atoms with E-state index in [0.29, 0.717) is 27.2 Å². The van der Waals surface area contributed by atoms with E-state index in [-0.39, 0.29) is 28.3 Å². The van der Waals surface area contributed by atoms with Crippen LogP contribution >= 0.6 is 23.2 Å². The number of allylic oxidation sites excluding steroid dienone is 1. The normalized spacial score (nSPS) is 15.1. The number of hydrogen-bond acceptors (Lipinski definition) is 6. The van der Waals surface area contributed by atoms with Crippen LogP contribution < -0.4 is 9.62 Å². The summed E-state index contributed by atoms with van der Waals surface area (Å²) < 4.78 is 38.2. The molecule has 1 N–H and O–H groups in total. The van der Waals surface area contributed by atoms with Crippen LogP contribution in [0.1, 0.15) is 24.0 Å². The first-order valence-electron chi connectivity index (χ1n) is 11.0. The van der Waals surface area contributed by atoms with Gasteiger partial charge in [-0.15, -0.1) is 0 Å². The van der Waals surface area contributed by atoms with Crippen molar-refractivity contribution in [3.63, 3.8) is 0 Å². The molecule has 192 valence electrons. The first-order chi connectivity index (χ1) is 17.5. The van der Waals surface area contributed by atoms with Gasteiger partial charge in [0.15, 0.2) is 0 Å². The molecule has 0 saturated carbocycles. The van der Waals surface area contributed by atoms with E-state index in [1.807, 2.05) is 6.92 Å². The van der Waals surface area contributed by atoms with Gasteiger partial charge in [-0.1, -0.05) is 40.9 Å². The molecule has 1 aliphatic heterocycles. The van der Waals surface area contributed by atoms with E-state index in [0.717, 1.165) is 5.56 Å². The lowest BCUT2D eigenvalue weighted by molar-refractivity contribution is -0.136. The number of carbonyl (C=O) groups is 2. The van der Waals surface area contributed by atoms with E-state index in [1.54, 1.807) is 43.3 Å². The molecule has 2 aromatic carbocycles. The van der Waals surface area contributed by atoms with Crippen LogP contribution in [0.5, 0.6) is 0 Å². The van der Waals surface area contributed by atoms with Crippen molar-refractivity contribution >= 4 is 56.9 Å². The molecule has 8 nitrogen and oxygen atoms in total. The lowest BCUT2D eigenvalue weighted by atomic mass is 10.1. The van der Waals surface area contributed by atoms with Crippen molar-refractivity contribution in [2.75, 3.05) is 12.0 Å². The highest BCUT2D eigenvalue weighted by Crippen LogP contribution is 2.37. The zero-order chi connectivity index (χ0) is 26.9. The predicted molar refractivity (Wildman–Crippen MR) is 141 cm³/mol. The van der Waals surface area contributed by atoms with Gasteiger partial charge in [0, 0.05) is 15.7 Å². The summed E-state index contributed by atoms with van der Waals surface area (Å²) in [6, 6.07) is 14.2. The molecule has 0 spiro atoms. The van der Waals surface area contributed by atoms with E-state index < -0.39 is 21.9 Å². The van der Waals surface area contributed by atoms with Gasteiger partial charge in [0.05, 0.1) is 35.4 Å². The third-order valence-corrected chi connectivity index (χ3v) is 7.49. The van der Waals surface area contributed by atoms with Gasteiger partial charge in [-0.2, -0.15) is 0 Å². The molecular formula is C26H22Cl2N2O6S. The third-order valence-electron chi connectivity index (χ3n) is 5.63. The first-order valence-corrected chi connectivity index (χ1v) is 13.2. The molecule has 3 aromatic rings. The van der Waals surface area contributed by atoms with E-state index in [2.05, 4.69) is 4.72 Å². The predicted octanol–water partition coefficient (Wildman–Crippen LogP) is 5.25. The highest BCUT2D eigenvalue weighted by atomic mass is 35.5. The largest absolute Gasteiger partial charge is 0.465 e. The number of carbonyl (C=O) groups excluding carboxylic acids is 2. The van der Waals surface area contributed by atoms with Gasteiger partial charge in [0.2, 0.25) is 10.0 Å². The Kier molecular flexibility index (Phi) is 7.61. The number of anilines is 1. The number of ether oxygens (including phenoxy) is 1. The molecule has 0 atom stereocenters. The smallest absolute Gasteiger partial charge is 0.340 e. The lowest BCUT2D eigenvalue weighted by Crippen LogP contribution is -2.24. The van der Waals surface area contributed by atoms with Gasteiger partial charge in [0.25, 0.3) is 5.91 Å². The standard InChI is InChI=1S/C26H22Cl2N2O6S/c1-15-4-8-22(9-5-15)37(33,34)29-14-21-7-6-20(36-21)13-23-24(26(32)35-3)16(2)30(25(23)31)19-11-17(27)10-18(28)12-19/h4-13,29H,14H2,1-3H3/b23-13+. The Bertz CT molecular complexity index is 1540. The number of sulfonamides is 1. The van der Waals surface area contributed by atoms with Crippen molar-refractivity contribution in [3.8, 4) is 0 Å². The van der Waals surface area contributed by atoms with Crippen LogP contribution in [-0.4, -0.2) is 27.4 Å². The highest BCUT2D eigenvalue weighted by Gasteiger charge is 2.38. The van der Waals surface area contributed by atoms with Crippen LogP contribution in [0.25, 0.3) is 6.08 Å². The number of nitrogens with zero attached hydrogens (tertiary/aromatic N) is 1. The number of esters is 1. The number of halogens is 2. The Hall–Kier alpha value is -3.37. The number of aryl methyl sites for hydroxylation is 1. The van der Waals surface area contributed by atoms with Gasteiger partial charge in [-0.05, 0) is 62.4 Å². The molecule has 0 fully saturated rings. The fraction of sp³-hybridized carbons (Fsp3) is 0.154. The second kappa shape index (κ2) is 10.5. The minimum absolute atomic E-state index is 0.0431. The molecule has 0 bridgehead atoms. The molecule has 1 aliphatic rings. The van der Waals surface area contributed by atoms with E-state index in [4.69, 9.17) is 32.4 Å². The number of hydrogen-bond donors (Lipinski definition) is 1. The number of rotatable bonds is 7. The summed E-state index contributed by atoms with van der Waals surface area (Å²) in [6.45, 7) is 3.36. The zero-order valence-electron chi connectivity index (χ0n) is 20.0. The van der Waals surface area contributed by atoms with Crippen molar-refractivity contribution in [3.05, 3.63) is 98.6 Å². The summed E-state index contributed by atoms with van der Waals surface area (Å²) in [6.07, 6.45) is 1.40. The monoisotopic (exact) mass is 560 g/mol. The minimum atomic E-state index is -3.75. The number of amides is 1. The molecule has 11 heteroatoms. The van der Waals surface area contributed by atoms with Crippen LogP contribution in [0.15, 0.2) is 80.8 Å². The fourth-order valence-electron chi connectivity index (χ4n) is 3.84. The maximum absolute atomic E-state index is 13.4. The first kappa shape index (κ1) is 26.7. The Morgan fingerprint density at radius 3 is 2.32 bits per heavy atom. The van der Waals surface area contributed by atoms with Crippen LogP contribution in [-0.2, 0) is 30.9 Å². The molecule has 0 saturated heterocycles. The molecule has 2 heterocycles. The second-order valence-corrected chi connectivity index (χ2v) is 10.9. The lowest BCUT2D eigenvalue weighted by Gasteiger charge is -2.18. The minimum Gasteiger partial charge on any atom is -0.465 e. The second-order valence-electron chi connectivity index (χ2n) is 8.22. The third kappa shape index (κ3) is 5.65. The quantitative estimate of drug-likeness (QED) is 0.312. The Labute approximate surface area is 224 Å². The van der Waals surface area contributed by atoms with Crippen molar-refractivity contribution in [1.29, 1.82) is 0 Å². The van der Waals surface area contributed by atoms with E-state index in [1.165, 1.54) is 36.3 Å². The molecule has 4 rings (SSSR count). The average molecular weight is 561 g/mol. The zero-order valence-corrected chi connectivity index (χ0v) is 22.4. The summed E-state index contributed by atoms with van der Waals surface area (Å²) in [7, 11) is -2.53. The van der Waals surface area contributed by atoms with Crippen molar-refractivity contribution in [2.45, 2.75) is 25.3 Å². The molecule has 0 unspecified atom stereocenters. The van der Waals surface area contributed by atoms with Crippen LogP contribution in [0, 0.1) is 6.92 Å². The number of methoxy groups -OCH3 is 1. The molecule has 0 radical (unpaired) electrons. The maximum atomic E-state index is 13.4. The summed E-state index contributed by atoms with van der Waals surface area (Å²) in [5.41, 5.74) is 1.76. The van der Waals surface area contributed by atoms with Gasteiger partial charge < -0.3 is 9.15 Å². The Balaban J connectivity index is 1.61. The summed E-state index contributed by atoms with van der Waals surface area (Å²) in [4.78, 5) is 27.5. The maximum Gasteiger partial charge on any atom is 0.340 e. The SMILES string of the molecule is COC(=O)C1=C(C)N(c2cc(Cl)cc(Cl)c2)C(=O)/C1=C/c1ccc(CNS(=O)(=O)c2ccc(C)cc2)o1. The van der Waals surface area contributed by atoms with Gasteiger partial charge >= 0.3 is 5.97 Å². The van der Waals surface area contributed by atoms with E-state index in [9.17, 15) is 18.0 Å². The summed E-state index contributed by atoms with van der Waals surface area (Å²) in [5, 5.41) is 0.646. The van der Waals surface area contributed by atoms with Gasteiger partial charge in [-0.25, -0.2) is 17.9 Å². The van der Waals surface area contributed by atoms with Crippen molar-refractivity contribution in [1.82, 2.24) is 4.72 Å².